The maximum Gasteiger partial charge on any atom is 0.241 e. The molecule has 17 heavy (non-hydrogen) atoms. The minimum atomic E-state index is -3.53. The Morgan fingerprint density at radius 2 is 2.24 bits per heavy atom. The van der Waals surface area contributed by atoms with Gasteiger partial charge in [0.05, 0.1) is 4.90 Å². The molecule has 6 heteroatoms. The van der Waals surface area contributed by atoms with Crippen LogP contribution in [0.4, 0.5) is 5.69 Å². The largest absolute Gasteiger partial charge is 0.399 e. The fourth-order valence-electron chi connectivity index (χ4n) is 1.36. The van der Waals surface area contributed by atoms with Gasteiger partial charge < -0.3 is 5.73 Å². The van der Waals surface area contributed by atoms with Crippen LogP contribution >= 0.6 is 15.9 Å². The van der Waals surface area contributed by atoms with E-state index in [0.29, 0.717) is 16.6 Å². The first-order valence-corrected chi connectivity index (χ1v) is 7.32. The SMILES string of the molecule is C=CCC(C)NS(=O)(=O)c1ccc(N)cc1Br. The lowest BCUT2D eigenvalue weighted by molar-refractivity contribution is 0.561. The van der Waals surface area contributed by atoms with Gasteiger partial charge in [0.2, 0.25) is 10.0 Å². The number of hydrogen-bond donors (Lipinski definition) is 2. The minimum Gasteiger partial charge on any atom is -0.399 e. The van der Waals surface area contributed by atoms with E-state index in [4.69, 9.17) is 5.73 Å². The first kappa shape index (κ1) is 14.2. The van der Waals surface area contributed by atoms with E-state index in [1.807, 2.05) is 0 Å². The summed E-state index contributed by atoms with van der Waals surface area (Å²) in [4.78, 5) is 0.183. The predicted octanol–water partition coefficient (Wildman–Crippen LogP) is 2.27. The summed E-state index contributed by atoms with van der Waals surface area (Å²) in [6.07, 6.45) is 2.25. The molecule has 0 fully saturated rings. The standard InChI is InChI=1S/C11H15BrN2O2S/c1-3-4-8(2)14-17(15,16)11-6-5-9(13)7-10(11)12/h3,5-8,14H,1,4,13H2,2H3. The molecule has 1 unspecified atom stereocenters. The van der Waals surface area contributed by atoms with Gasteiger partial charge in [-0.3, -0.25) is 0 Å². The van der Waals surface area contributed by atoms with Crippen molar-refractivity contribution in [2.75, 3.05) is 5.73 Å². The van der Waals surface area contributed by atoms with Crippen molar-refractivity contribution < 1.29 is 8.42 Å². The molecule has 0 radical (unpaired) electrons. The summed E-state index contributed by atoms with van der Waals surface area (Å²) >= 11 is 3.19. The first-order valence-electron chi connectivity index (χ1n) is 5.05. The Bertz CT molecular complexity index is 514. The van der Waals surface area contributed by atoms with Crippen molar-refractivity contribution in [1.29, 1.82) is 0 Å². The smallest absolute Gasteiger partial charge is 0.241 e. The monoisotopic (exact) mass is 318 g/mol. The Kier molecular flexibility index (Phi) is 4.73. The van der Waals surface area contributed by atoms with Crippen molar-refractivity contribution in [1.82, 2.24) is 4.72 Å². The minimum absolute atomic E-state index is 0.183. The Labute approximate surface area is 110 Å². The number of sulfonamides is 1. The molecule has 0 bridgehead atoms. The van der Waals surface area contributed by atoms with E-state index in [2.05, 4.69) is 27.2 Å². The van der Waals surface area contributed by atoms with Crippen LogP contribution in [0, 0.1) is 0 Å². The maximum absolute atomic E-state index is 12.0. The summed E-state index contributed by atoms with van der Waals surface area (Å²) in [5.74, 6) is 0. The summed E-state index contributed by atoms with van der Waals surface area (Å²) in [6, 6.07) is 4.40. The Balaban J connectivity index is 3.01. The molecule has 0 amide bonds. The highest BCUT2D eigenvalue weighted by Crippen LogP contribution is 2.24. The van der Waals surface area contributed by atoms with Crippen LogP contribution in [0.3, 0.4) is 0 Å². The lowest BCUT2D eigenvalue weighted by atomic mass is 10.3. The van der Waals surface area contributed by atoms with E-state index >= 15 is 0 Å². The molecule has 0 aliphatic heterocycles. The summed E-state index contributed by atoms with van der Waals surface area (Å²) in [6.45, 7) is 5.35. The van der Waals surface area contributed by atoms with Gasteiger partial charge in [-0.05, 0) is 47.5 Å². The van der Waals surface area contributed by atoms with Gasteiger partial charge >= 0.3 is 0 Å². The van der Waals surface area contributed by atoms with Gasteiger partial charge in [-0.2, -0.15) is 0 Å². The molecule has 0 saturated heterocycles. The Morgan fingerprint density at radius 3 is 2.76 bits per heavy atom. The number of hydrogen-bond acceptors (Lipinski definition) is 3. The number of rotatable bonds is 5. The van der Waals surface area contributed by atoms with Crippen molar-refractivity contribution in [3.8, 4) is 0 Å². The number of nitrogens with one attached hydrogen (secondary N) is 1. The van der Waals surface area contributed by atoms with Gasteiger partial charge in [0.25, 0.3) is 0 Å². The van der Waals surface area contributed by atoms with Crippen LogP contribution in [0.5, 0.6) is 0 Å². The molecule has 1 rings (SSSR count). The molecule has 3 N–H and O–H groups in total. The molecule has 0 saturated carbocycles. The van der Waals surface area contributed by atoms with Crippen LogP contribution in [0.2, 0.25) is 0 Å². The van der Waals surface area contributed by atoms with Crippen LogP contribution in [0.1, 0.15) is 13.3 Å². The highest BCUT2D eigenvalue weighted by atomic mass is 79.9. The molecular formula is C11H15BrN2O2S. The summed E-state index contributed by atoms with van der Waals surface area (Å²) in [7, 11) is -3.53. The second-order valence-corrected chi connectivity index (χ2v) is 6.27. The maximum atomic E-state index is 12.0. The van der Waals surface area contributed by atoms with Gasteiger partial charge in [-0.15, -0.1) is 6.58 Å². The van der Waals surface area contributed by atoms with Gasteiger partial charge in [0, 0.05) is 16.2 Å². The third-order valence-corrected chi connectivity index (χ3v) is 4.69. The molecule has 1 aromatic rings. The summed E-state index contributed by atoms with van der Waals surface area (Å²) < 4.78 is 27.1. The average molecular weight is 319 g/mol. The first-order chi connectivity index (χ1) is 7.86. The Hall–Kier alpha value is -0.850. The second kappa shape index (κ2) is 5.66. The van der Waals surface area contributed by atoms with Crippen LogP contribution in [-0.4, -0.2) is 14.5 Å². The lowest BCUT2D eigenvalue weighted by Crippen LogP contribution is -2.32. The topological polar surface area (TPSA) is 72.2 Å². The third-order valence-electron chi connectivity index (χ3n) is 2.12. The van der Waals surface area contributed by atoms with Crippen LogP contribution in [0.25, 0.3) is 0 Å². The van der Waals surface area contributed by atoms with E-state index in [1.165, 1.54) is 6.07 Å². The highest BCUT2D eigenvalue weighted by Gasteiger charge is 2.19. The average Bonchev–Trinajstić information content (AvgIpc) is 2.15. The molecule has 0 heterocycles. The van der Waals surface area contributed by atoms with E-state index in [9.17, 15) is 8.42 Å². The third kappa shape index (κ3) is 3.83. The van der Waals surface area contributed by atoms with Crippen molar-refractivity contribution in [3.05, 3.63) is 35.3 Å². The van der Waals surface area contributed by atoms with Gasteiger partial charge in [-0.1, -0.05) is 6.08 Å². The van der Waals surface area contributed by atoms with Gasteiger partial charge in [0.1, 0.15) is 0 Å². The molecule has 0 aliphatic carbocycles. The number of nitrogen functional groups attached to an aromatic ring is 1. The van der Waals surface area contributed by atoms with Gasteiger partial charge in [0.15, 0.2) is 0 Å². The van der Waals surface area contributed by atoms with E-state index in [0.717, 1.165) is 0 Å². The molecule has 0 spiro atoms. The number of benzene rings is 1. The number of anilines is 1. The van der Waals surface area contributed by atoms with E-state index in [-0.39, 0.29) is 10.9 Å². The van der Waals surface area contributed by atoms with E-state index < -0.39 is 10.0 Å². The molecule has 1 aromatic carbocycles. The van der Waals surface area contributed by atoms with Crippen molar-refractivity contribution >= 4 is 31.6 Å². The van der Waals surface area contributed by atoms with Crippen molar-refractivity contribution in [3.63, 3.8) is 0 Å². The zero-order chi connectivity index (χ0) is 13.1. The highest BCUT2D eigenvalue weighted by molar-refractivity contribution is 9.10. The van der Waals surface area contributed by atoms with Crippen molar-refractivity contribution in [2.24, 2.45) is 0 Å². The molecule has 0 aliphatic rings. The lowest BCUT2D eigenvalue weighted by Gasteiger charge is -2.13. The predicted molar refractivity (Wildman–Crippen MR) is 73.2 cm³/mol. The van der Waals surface area contributed by atoms with Crippen molar-refractivity contribution in [2.45, 2.75) is 24.3 Å². The molecule has 1 atom stereocenters. The summed E-state index contributed by atoms with van der Waals surface area (Å²) in [5.41, 5.74) is 6.07. The van der Waals surface area contributed by atoms with E-state index in [1.54, 1.807) is 25.1 Å². The second-order valence-electron chi connectivity index (χ2n) is 3.74. The number of nitrogens with two attached hydrogens (primary N) is 1. The zero-order valence-electron chi connectivity index (χ0n) is 9.48. The molecule has 4 nitrogen and oxygen atoms in total. The summed E-state index contributed by atoms with van der Waals surface area (Å²) in [5, 5.41) is 0. The van der Waals surface area contributed by atoms with Crippen LogP contribution in [-0.2, 0) is 10.0 Å². The molecule has 0 aromatic heterocycles. The fourth-order valence-corrected chi connectivity index (χ4v) is 3.71. The van der Waals surface area contributed by atoms with Crippen LogP contribution < -0.4 is 10.5 Å². The number of halogens is 1. The zero-order valence-corrected chi connectivity index (χ0v) is 11.9. The van der Waals surface area contributed by atoms with Gasteiger partial charge in [-0.25, -0.2) is 13.1 Å². The Morgan fingerprint density at radius 1 is 1.59 bits per heavy atom. The quantitative estimate of drug-likeness (QED) is 0.646. The normalized spacial score (nSPS) is 13.3. The molecular weight excluding hydrogens is 304 g/mol. The molecule has 94 valence electrons. The fraction of sp³-hybridized carbons (Fsp3) is 0.273. The van der Waals surface area contributed by atoms with Crippen LogP contribution in [0.15, 0.2) is 40.2 Å².